The molecule has 0 aromatic carbocycles. The van der Waals surface area contributed by atoms with Crippen LogP contribution in [0.15, 0.2) is 18.3 Å². The number of nitrogens with zero attached hydrogens (tertiary/aromatic N) is 2. The van der Waals surface area contributed by atoms with Crippen LogP contribution in [0.2, 0.25) is 0 Å². The standard InChI is InChI=1S/C14H20F3N3/c1-10(2)20-7-5-11(6-8-20)19-12-3-4-13(18-9-12)14(15,16)17/h3-4,9-11,19H,5-8H2,1-2H3. The van der Waals surface area contributed by atoms with Gasteiger partial charge in [-0.25, -0.2) is 4.98 Å². The van der Waals surface area contributed by atoms with Crippen LogP contribution in [0, 0.1) is 0 Å². The number of hydrogen-bond donors (Lipinski definition) is 1. The molecule has 20 heavy (non-hydrogen) atoms. The largest absolute Gasteiger partial charge is 0.433 e. The Balaban J connectivity index is 1.89. The Kier molecular flexibility index (Phi) is 4.52. The minimum atomic E-state index is -4.37. The first-order valence-electron chi connectivity index (χ1n) is 6.90. The van der Waals surface area contributed by atoms with Crippen molar-refractivity contribution in [3.63, 3.8) is 0 Å². The molecule has 2 rings (SSSR count). The zero-order valence-electron chi connectivity index (χ0n) is 11.7. The van der Waals surface area contributed by atoms with Crippen LogP contribution in [0.25, 0.3) is 0 Å². The van der Waals surface area contributed by atoms with E-state index in [-0.39, 0.29) is 0 Å². The Morgan fingerprint density at radius 3 is 2.35 bits per heavy atom. The first-order valence-corrected chi connectivity index (χ1v) is 6.90. The van der Waals surface area contributed by atoms with Crippen molar-refractivity contribution in [2.24, 2.45) is 0 Å². The molecule has 1 aliphatic heterocycles. The summed E-state index contributed by atoms with van der Waals surface area (Å²) in [4.78, 5) is 5.87. The number of anilines is 1. The van der Waals surface area contributed by atoms with Gasteiger partial charge >= 0.3 is 6.18 Å². The van der Waals surface area contributed by atoms with Crippen LogP contribution in [0.1, 0.15) is 32.4 Å². The fourth-order valence-corrected chi connectivity index (χ4v) is 2.44. The van der Waals surface area contributed by atoms with Gasteiger partial charge in [-0.15, -0.1) is 0 Å². The molecule has 0 radical (unpaired) electrons. The summed E-state index contributed by atoms with van der Waals surface area (Å²) in [6, 6.07) is 3.32. The van der Waals surface area contributed by atoms with Crippen LogP contribution in [-0.4, -0.2) is 35.1 Å². The first kappa shape index (κ1) is 15.1. The number of hydrogen-bond acceptors (Lipinski definition) is 3. The number of halogens is 3. The topological polar surface area (TPSA) is 28.2 Å². The van der Waals surface area contributed by atoms with Crippen molar-refractivity contribution in [1.82, 2.24) is 9.88 Å². The van der Waals surface area contributed by atoms with E-state index in [1.165, 1.54) is 12.3 Å². The van der Waals surface area contributed by atoms with Crippen LogP contribution < -0.4 is 5.32 Å². The Bertz CT molecular complexity index is 420. The molecule has 0 atom stereocenters. The minimum Gasteiger partial charge on any atom is -0.381 e. The van der Waals surface area contributed by atoms with E-state index in [1.807, 2.05) is 0 Å². The SMILES string of the molecule is CC(C)N1CCC(Nc2ccc(C(F)(F)F)nc2)CC1. The predicted molar refractivity (Wildman–Crippen MR) is 72.6 cm³/mol. The zero-order valence-corrected chi connectivity index (χ0v) is 11.7. The van der Waals surface area contributed by atoms with Gasteiger partial charge in [0, 0.05) is 25.2 Å². The fourth-order valence-electron chi connectivity index (χ4n) is 2.44. The molecule has 1 N–H and O–H groups in total. The summed E-state index contributed by atoms with van der Waals surface area (Å²) in [6.45, 7) is 6.38. The van der Waals surface area contributed by atoms with Gasteiger partial charge in [0.25, 0.3) is 0 Å². The van der Waals surface area contributed by atoms with Gasteiger partial charge in [-0.05, 0) is 38.8 Å². The maximum atomic E-state index is 12.4. The third-order valence-corrected chi connectivity index (χ3v) is 3.68. The smallest absolute Gasteiger partial charge is 0.381 e. The second-order valence-electron chi connectivity index (χ2n) is 5.48. The van der Waals surface area contributed by atoms with Crippen molar-refractivity contribution in [2.75, 3.05) is 18.4 Å². The molecule has 0 saturated carbocycles. The highest BCUT2D eigenvalue weighted by Crippen LogP contribution is 2.28. The van der Waals surface area contributed by atoms with Crippen LogP contribution in [0.5, 0.6) is 0 Å². The molecule has 1 aromatic heterocycles. The molecule has 2 heterocycles. The van der Waals surface area contributed by atoms with E-state index >= 15 is 0 Å². The van der Waals surface area contributed by atoms with Gasteiger partial charge in [0.1, 0.15) is 5.69 Å². The summed E-state index contributed by atoms with van der Waals surface area (Å²) in [5, 5.41) is 3.26. The summed E-state index contributed by atoms with van der Waals surface area (Å²) in [5.41, 5.74) is -0.196. The summed E-state index contributed by atoms with van der Waals surface area (Å²) < 4.78 is 37.2. The lowest BCUT2D eigenvalue weighted by molar-refractivity contribution is -0.141. The third kappa shape index (κ3) is 3.85. The number of likely N-dealkylation sites (tertiary alicyclic amines) is 1. The Hall–Kier alpha value is -1.30. The third-order valence-electron chi connectivity index (χ3n) is 3.68. The van der Waals surface area contributed by atoms with E-state index in [0.29, 0.717) is 17.8 Å². The van der Waals surface area contributed by atoms with E-state index in [4.69, 9.17) is 0 Å². The van der Waals surface area contributed by atoms with E-state index in [1.54, 1.807) is 0 Å². The van der Waals surface area contributed by atoms with Gasteiger partial charge in [0.05, 0.1) is 11.9 Å². The molecule has 0 bridgehead atoms. The van der Waals surface area contributed by atoms with Gasteiger partial charge in [-0.1, -0.05) is 0 Å². The summed E-state index contributed by atoms with van der Waals surface area (Å²) in [7, 11) is 0. The molecule has 3 nitrogen and oxygen atoms in total. The van der Waals surface area contributed by atoms with Gasteiger partial charge in [-0.2, -0.15) is 13.2 Å². The number of nitrogens with one attached hydrogen (secondary N) is 1. The Labute approximate surface area is 117 Å². The van der Waals surface area contributed by atoms with Crippen LogP contribution in [0.4, 0.5) is 18.9 Å². The van der Waals surface area contributed by atoms with Gasteiger partial charge in [-0.3, -0.25) is 0 Å². The molecule has 0 amide bonds. The molecule has 0 aliphatic carbocycles. The maximum Gasteiger partial charge on any atom is 0.433 e. The number of piperidine rings is 1. The second-order valence-corrected chi connectivity index (χ2v) is 5.48. The van der Waals surface area contributed by atoms with Crippen molar-refractivity contribution >= 4 is 5.69 Å². The van der Waals surface area contributed by atoms with Gasteiger partial charge in [0.15, 0.2) is 0 Å². The molecular weight excluding hydrogens is 267 g/mol. The van der Waals surface area contributed by atoms with E-state index in [9.17, 15) is 13.2 Å². The molecule has 1 aliphatic rings. The molecule has 0 unspecified atom stereocenters. The number of rotatable bonds is 3. The number of aromatic nitrogens is 1. The lowest BCUT2D eigenvalue weighted by Crippen LogP contribution is -2.42. The van der Waals surface area contributed by atoms with E-state index in [2.05, 4.69) is 29.0 Å². The second kappa shape index (κ2) is 5.99. The average Bonchev–Trinajstić information content (AvgIpc) is 2.39. The van der Waals surface area contributed by atoms with E-state index < -0.39 is 11.9 Å². The highest BCUT2D eigenvalue weighted by Gasteiger charge is 2.32. The lowest BCUT2D eigenvalue weighted by atomic mass is 10.0. The van der Waals surface area contributed by atoms with Crippen molar-refractivity contribution in [3.8, 4) is 0 Å². The minimum absolute atomic E-state index is 0.309. The normalized spacial score (nSPS) is 18.5. The highest BCUT2D eigenvalue weighted by atomic mass is 19.4. The van der Waals surface area contributed by atoms with Crippen LogP contribution in [0.3, 0.4) is 0 Å². The summed E-state index contributed by atoms with van der Waals surface area (Å²) in [5.74, 6) is 0. The monoisotopic (exact) mass is 287 g/mol. The van der Waals surface area contributed by atoms with E-state index in [0.717, 1.165) is 32.0 Å². The summed E-state index contributed by atoms with van der Waals surface area (Å²) >= 11 is 0. The van der Waals surface area contributed by atoms with Gasteiger partial charge < -0.3 is 10.2 Å². The molecule has 1 fully saturated rings. The van der Waals surface area contributed by atoms with Crippen LogP contribution in [-0.2, 0) is 6.18 Å². The van der Waals surface area contributed by atoms with Crippen molar-refractivity contribution in [1.29, 1.82) is 0 Å². The molecule has 0 spiro atoms. The Morgan fingerprint density at radius 1 is 1.25 bits per heavy atom. The first-order chi connectivity index (χ1) is 9.36. The predicted octanol–water partition coefficient (Wildman–Crippen LogP) is 3.39. The summed E-state index contributed by atoms with van der Waals surface area (Å²) in [6.07, 6.45) is -1.11. The number of pyridine rings is 1. The molecule has 1 aromatic rings. The maximum absolute atomic E-state index is 12.4. The van der Waals surface area contributed by atoms with Crippen molar-refractivity contribution in [3.05, 3.63) is 24.0 Å². The Morgan fingerprint density at radius 2 is 1.90 bits per heavy atom. The lowest BCUT2D eigenvalue weighted by Gasteiger charge is -2.35. The average molecular weight is 287 g/mol. The van der Waals surface area contributed by atoms with Gasteiger partial charge in [0.2, 0.25) is 0 Å². The molecular formula is C14H20F3N3. The fraction of sp³-hybridized carbons (Fsp3) is 0.643. The quantitative estimate of drug-likeness (QED) is 0.923. The molecule has 6 heteroatoms. The van der Waals surface area contributed by atoms with Crippen molar-refractivity contribution < 1.29 is 13.2 Å². The number of alkyl halides is 3. The molecule has 1 saturated heterocycles. The highest BCUT2D eigenvalue weighted by molar-refractivity contribution is 5.42. The molecule has 112 valence electrons. The van der Waals surface area contributed by atoms with Crippen molar-refractivity contribution in [2.45, 2.75) is 44.9 Å². The zero-order chi connectivity index (χ0) is 14.8. The van der Waals surface area contributed by atoms with Crippen LogP contribution >= 0.6 is 0 Å².